The minimum atomic E-state index is -0.262. The van der Waals surface area contributed by atoms with Crippen molar-refractivity contribution in [2.45, 2.75) is 0 Å². The average Bonchev–Trinajstić information content (AvgIpc) is 2.54. The van der Waals surface area contributed by atoms with Crippen LogP contribution in [0.2, 0.25) is 0 Å². The number of anilines is 2. The molecule has 0 unspecified atom stereocenters. The second kappa shape index (κ2) is 7.09. The van der Waals surface area contributed by atoms with Gasteiger partial charge in [0.15, 0.2) is 0 Å². The molecule has 0 spiro atoms. The van der Waals surface area contributed by atoms with Crippen LogP contribution in [0, 0.1) is 0 Å². The van der Waals surface area contributed by atoms with E-state index in [0.717, 1.165) is 11.4 Å². The number of benzene rings is 1. The van der Waals surface area contributed by atoms with Crippen LogP contribution in [0.4, 0.5) is 11.4 Å². The first kappa shape index (κ1) is 14.6. The molecule has 0 atom stereocenters. The van der Waals surface area contributed by atoms with Gasteiger partial charge in [-0.3, -0.25) is 9.78 Å². The molecule has 5 heteroatoms. The van der Waals surface area contributed by atoms with Crippen molar-refractivity contribution < 1.29 is 9.53 Å². The van der Waals surface area contributed by atoms with Crippen molar-refractivity contribution in [2.24, 2.45) is 0 Å². The van der Waals surface area contributed by atoms with E-state index in [9.17, 15) is 4.79 Å². The van der Waals surface area contributed by atoms with Crippen molar-refractivity contribution in [3.63, 3.8) is 0 Å². The lowest BCUT2D eigenvalue weighted by Gasteiger charge is -2.07. The molecular formula is C16H17N3O2. The van der Waals surface area contributed by atoms with E-state index >= 15 is 0 Å². The van der Waals surface area contributed by atoms with Crippen LogP contribution in [0.25, 0.3) is 0 Å². The molecule has 1 amide bonds. The van der Waals surface area contributed by atoms with Crippen LogP contribution < -0.4 is 15.4 Å². The summed E-state index contributed by atoms with van der Waals surface area (Å²) < 4.78 is 5.07. The van der Waals surface area contributed by atoms with Crippen LogP contribution in [0.1, 0.15) is 10.5 Å². The monoisotopic (exact) mass is 283 g/mol. The summed E-state index contributed by atoms with van der Waals surface area (Å²) in [5.41, 5.74) is 1.86. The van der Waals surface area contributed by atoms with Gasteiger partial charge in [-0.1, -0.05) is 6.08 Å². The normalized spacial score (nSPS) is 9.76. The van der Waals surface area contributed by atoms with Crippen molar-refractivity contribution in [3.05, 3.63) is 60.9 Å². The molecule has 0 saturated heterocycles. The zero-order valence-corrected chi connectivity index (χ0v) is 11.8. The third-order valence-corrected chi connectivity index (χ3v) is 2.79. The van der Waals surface area contributed by atoms with Crippen LogP contribution in [-0.2, 0) is 0 Å². The van der Waals surface area contributed by atoms with E-state index in [1.54, 1.807) is 55.8 Å². The first-order valence-corrected chi connectivity index (χ1v) is 6.49. The Hall–Kier alpha value is -2.82. The van der Waals surface area contributed by atoms with E-state index in [-0.39, 0.29) is 5.91 Å². The zero-order chi connectivity index (χ0) is 15.1. The average molecular weight is 283 g/mol. The largest absolute Gasteiger partial charge is 0.497 e. The Balaban J connectivity index is 2.06. The summed E-state index contributed by atoms with van der Waals surface area (Å²) in [5, 5.41) is 5.90. The number of hydrogen-bond acceptors (Lipinski definition) is 4. The predicted octanol–water partition coefficient (Wildman–Crippen LogP) is 2.94. The molecule has 0 aliphatic heterocycles. The lowest BCUT2D eigenvalue weighted by molar-refractivity contribution is 0.102. The fraction of sp³-hybridized carbons (Fsp3) is 0.125. The van der Waals surface area contributed by atoms with Crippen molar-refractivity contribution in [3.8, 4) is 5.75 Å². The zero-order valence-electron chi connectivity index (χ0n) is 11.8. The molecule has 1 aromatic carbocycles. The molecule has 0 saturated carbocycles. The van der Waals surface area contributed by atoms with Gasteiger partial charge in [-0.15, -0.1) is 6.58 Å². The number of rotatable bonds is 6. The van der Waals surface area contributed by atoms with Crippen LogP contribution in [0.3, 0.4) is 0 Å². The fourth-order valence-electron chi connectivity index (χ4n) is 1.72. The maximum Gasteiger partial charge on any atom is 0.274 e. The van der Waals surface area contributed by atoms with Gasteiger partial charge in [0.2, 0.25) is 0 Å². The van der Waals surface area contributed by atoms with Gasteiger partial charge in [-0.25, -0.2) is 0 Å². The highest BCUT2D eigenvalue weighted by molar-refractivity contribution is 6.03. The minimum absolute atomic E-state index is 0.262. The lowest BCUT2D eigenvalue weighted by Crippen LogP contribution is -2.14. The number of ether oxygens (including phenoxy) is 1. The molecule has 0 bridgehead atoms. The standard InChI is InChI=1S/C16H17N3O2/c1-3-9-17-13-8-10-18-15(11-13)16(20)19-12-4-6-14(21-2)7-5-12/h3-8,10-11H,1,9H2,2H3,(H,17,18)(H,19,20). The number of hydrogen-bond donors (Lipinski definition) is 2. The van der Waals surface area contributed by atoms with Crippen LogP contribution in [0.15, 0.2) is 55.3 Å². The first-order chi connectivity index (χ1) is 10.2. The van der Waals surface area contributed by atoms with Crippen LogP contribution in [-0.4, -0.2) is 24.5 Å². The van der Waals surface area contributed by atoms with E-state index in [2.05, 4.69) is 22.2 Å². The van der Waals surface area contributed by atoms with E-state index in [1.165, 1.54) is 0 Å². The predicted molar refractivity (Wildman–Crippen MR) is 83.9 cm³/mol. The Morgan fingerprint density at radius 3 is 2.71 bits per heavy atom. The smallest absolute Gasteiger partial charge is 0.274 e. The van der Waals surface area contributed by atoms with Crippen molar-refractivity contribution in [2.75, 3.05) is 24.3 Å². The summed E-state index contributed by atoms with van der Waals surface area (Å²) in [6.45, 7) is 4.26. The second-order valence-corrected chi connectivity index (χ2v) is 4.28. The molecular weight excluding hydrogens is 266 g/mol. The number of nitrogens with zero attached hydrogens (tertiary/aromatic N) is 1. The van der Waals surface area contributed by atoms with E-state index < -0.39 is 0 Å². The lowest BCUT2D eigenvalue weighted by atomic mass is 10.2. The summed E-state index contributed by atoms with van der Waals surface area (Å²) in [7, 11) is 1.60. The van der Waals surface area contributed by atoms with Crippen LogP contribution in [0.5, 0.6) is 5.75 Å². The molecule has 0 radical (unpaired) electrons. The highest BCUT2D eigenvalue weighted by Gasteiger charge is 2.08. The van der Waals surface area contributed by atoms with Gasteiger partial charge in [-0.05, 0) is 36.4 Å². The SMILES string of the molecule is C=CCNc1ccnc(C(=O)Nc2ccc(OC)cc2)c1. The van der Waals surface area contributed by atoms with Crippen molar-refractivity contribution in [1.29, 1.82) is 0 Å². The number of methoxy groups -OCH3 is 1. The highest BCUT2D eigenvalue weighted by Crippen LogP contribution is 2.16. The summed E-state index contributed by atoms with van der Waals surface area (Å²) >= 11 is 0. The van der Waals surface area contributed by atoms with Gasteiger partial charge in [0, 0.05) is 24.1 Å². The minimum Gasteiger partial charge on any atom is -0.497 e. The van der Waals surface area contributed by atoms with Crippen molar-refractivity contribution in [1.82, 2.24) is 4.98 Å². The van der Waals surface area contributed by atoms with E-state index in [4.69, 9.17) is 4.74 Å². The van der Waals surface area contributed by atoms with Gasteiger partial charge in [0.05, 0.1) is 7.11 Å². The molecule has 2 N–H and O–H groups in total. The molecule has 0 aliphatic carbocycles. The van der Waals surface area contributed by atoms with E-state index in [1.807, 2.05) is 0 Å². The van der Waals surface area contributed by atoms with Gasteiger partial charge in [0.1, 0.15) is 11.4 Å². The number of carbonyl (C=O) groups is 1. The Labute approximate surface area is 123 Å². The summed E-state index contributed by atoms with van der Waals surface area (Å²) in [5.74, 6) is 0.476. The number of nitrogens with one attached hydrogen (secondary N) is 2. The molecule has 0 aliphatic rings. The first-order valence-electron chi connectivity index (χ1n) is 6.49. The van der Waals surface area contributed by atoms with Crippen molar-refractivity contribution >= 4 is 17.3 Å². The number of carbonyl (C=O) groups excluding carboxylic acids is 1. The molecule has 0 fully saturated rings. The molecule has 108 valence electrons. The molecule has 1 aromatic heterocycles. The summed E-state index contributed by atoms with van der Waals surface area (Å²) in [6, 6.07) is 10.6. The van der Waals surface area contributed by atoms with Crippen LogP contribution >= 0.6 is 0 Å². The van der Waals surface area contributed by atoms with E-state index in [0.29, 0.717) is 17.9 Å². The Bertz CT molecular complexity index is 624. The van der Waals surface area contributed by atoms with Gasteiger partial charge in [0.25, 0.3) is 5.91 Å². The fourth-order valence-corrected chi connectivity index (χ4v) is 1.72. The molecule has 1 heterocycles. The highest BCUT2D eigenvalue weighted by atomic mass is 16.5. The number of aromatic nitrogens is 1. The summed E-state index contributed by atoms with van der Waals surface area (Å²) in [4.78, 5) is 16.2. The second-order valence-electron chi connectivity index (χ2n) is 4.28. The molecule has 21 heavy (non-hydrogen) atoms. The van der Waals surface area contributed by atoms with Gasteiger partial charge < -0.3 is 15.4 Å². The Morgan fingerprint density at radius 1 is 1.29 bits per heavy atom. The molecule has 2 aromatic rings. The topological polar surface area (TPSA) is 63.2 Å². The number of pyridine rings is 1. The molecule has 2 rings (SSSR count). The summed E-state index contributed by atoms with van der Waals surface area (Å²) in [6.07, 6.45) is 3.34. The van der Waals surface area contributed by atoms with Gasteiger partial charge in [-0.2, -0.15) is 0 Å². The quantitative estimate of drug-likeness (QED) is 0.800. The Kier molecular flexibility index (Phi) is 4.93. The molecule has 5 nitrogen and oxygen atoms in total. The third kappa shape index (κ3) is 4.07. The Morgan fingerprint density at radius 2 is 2.05 bits per heavy atom. The maximum absolute atomic E-state index is 12.1. The number of amides is 1. The van der Waals surface area contributed by atoms with Gasteiger partial charge >= 0.3 is 0 Å². The third-order valence-electron chi connectivity index (χ3n) is 2.79. The maximum atomic E-state index is 12.1.